The zero-order valence-electron chi connectivity index (χ0n) is 8.48. The van der Waals surface area contributed by atoms with Crippen LogP contribution in [0.2, 0.25) is 5.02 Å². The molecule has 0 spiro atoms. The van der Waals surface area contributed by atoms with Gasteiger partial charge in [-0.05, 0) is 35.0 Å². The van der Waals surface area contributed by atoms with Crippen LogP contribution in [0.15, 0.2) is 24.3 Å². The van der Waals surface area contributed by atoms with Crippen molar-refractivity contribution >= 4 is 28.3 Å². The van der Waals surface area contributed by atoms with Crippen molar-refractivity contribution < 1.29 is 19.8 Å². The molecule has 0 radical (unpaired) electrons. The summed E-state index contributed by atoms with van der Waals surface area (Å²) >= 11 is 5.74. The van der Waals surface area contributed by atoms with Gasteiger partial charge in [0, 0.05) is 0 Å². The fourth-order valence-corrected chi connectivity index (χ4v) is 1.70. The summed E-state index contributed by atoms with van der Waals surface area (Å²) < 4.78 is 0. The van der Waals surface area contributed by atoms with E-state index < -0.39 is 5.97 Å². The summed E-state index contributed by atoms with van der Waals surface area (Å²) in [4.78, 5) is 15.3. The van der Waals surface area contributed by atoms with Gasteiger partial charge in [0.05, 0.1) is 5.02 Å². The Bertz CT molecular complexity index is 612. The standard InChI is InChI=1S/C11H8ClNO4/c12-8-2-5-1-7(11(16)17-13)9(14)3-6(5)4-10(8)15/h1-4,14-15H,13H2. The fourth-order valence-electron chi connectivity index (χ4n) is 1.52. The summed E-state index contributed by atoms with van der Waals surface area (Å²) in [6.07, 6.45) is 0. The van der Waals surface area contributed by atoms with Crippen LogP contribution >= 0.6 is 11.6 Å². The Hall–Kier alpha value is -1.98. The molecule has 2 aromatic rings. The number of hydrogen-bond donors (Lipinski definition) is 3. The highest BCUT2D eigenvalue weighted by atomic mass is 35.5. The van der Waals surface area contributed by atoms with E-state index in [1.807, 2.05) is 0 Å². The predicted molar refractivity (Wildman–Crippen MR) is 61.9 cm³/mol. The molecule has 6 heteroatoms. The molecule has 0 unspecified atom stereocenters. The first-order valence-electron chi connectivity index (χ1n) is 4.59. The van der Waals surface area contributed by atoms with E-state index in [0.717, 1.165) is 0 Å². The van der Waals surface area contributed by atoms with Gasteiger partial charge < -0.3 is 15.1 Å². The van der Waals surface area contributed by atoms with E-state index in [2.05, 4.69) is 4.84 Å². The summed E-state index contributed by atoms with van der Waals surface area (Å²) in [6.45, 7) is 0. The molecule has 0 fully saturated rings. The van der Waals surface area contributed by atoms with Gasteiger partial charge in [0.2, 0.25) is 0 Å². The van der Waals surface area contributed by atoms with E-state index in [1.54, 1.807) is 0 Å². The van der Waals surface area contributed by atoms with Crippen LogP contribution < -0.4 is 5.90 Å². The number of hydrogen-bond acceptors (Lipinski definition) is 5. The average Bonchev–Trinajstić information content (AvgIpc) is 2.30. The zero-order valence-corrected chi connectivity index (χ0v) is 9.23. The van der Waals surface area contributed by atoms with Crippen LogP contribution in [0.25, 0.3) is 10.8 Å². The normalized spacial score (nSPS) is 10.5. The number of aromatic hydroxyl groups is 2. The quantitative estimate of drug-likeness (QED) is 0.676. The molecule has 0 amide bonds. The van der Waals surface area contributed by atoms with Crippen molar-refractivity contribution in [2.75, 3.05) is 0 Å². The number of rotatable bonds is 1. The van der Waals surface area contributed by atoms with Crippen LogP contribution in [-0.2, 0) is 4.84 Å². The maximum absolute atomic E-state index is 11.2. The lowest BCUT2D eigenvalue weighted by molar-refractivity contribution is 0.0500. The molecule has 0 saturated heterocycles. The Morgan fingerprint density at radius 1 is 1.12 bits per heavy atom. The highest BCUT2D eigenvalue weighted by Crippen LogP contribution is 2.32. The van der Waals surface area contributed by atoms with Gasteiger partial charge in [0.1, 0.15) is 17.1 Å². The summed E-state index contributed by atoms with van der Waals surface area (Å²) in [6, 6.07) is 5.55. The number of halogens is 1. The van der Waals surface area contributed by atoms with Gasteiger partial charge in [-0.15, -0.1) is 0 Å². The lowest BCUT2D eigenvalue weighted by atomic mass is 10.1. The second-order valence-electron chi connectivity index (χ2n) is 3.43. The minimum atomic E-state index is -0.853. The highest BCUT2D eigenvalue weighted by Gasteiger charge is 2.14. The van der Waals surface area contributed by atoms with Crippen LogP contribution in [0.1, 0.15) is 10.4 Å². The number of benzene rings is 2. The third kappa shape index (κ3) is 1.98. The smallest absolute Gasteiger partial charge is 0.360 e. The number of carbonyl (C=O) groups is 1. The Morgan fingerprint density at radius 2 is 1.71 bits per heavy atom. The molecule has 0 bridgehead atoms. The van der Waals surface area contributed by atoms with E-state index in [9.17, 15) is 15.0 Å². The SMILES string of the molecule is NOC(=O)c1cc2cc(Cl)c(O)cc2cc1O. The van der Waals surface area contributed by atoms with Crippen molar-refractivity contribution in [1.82, 2.24) is 0 Å². The molecule has 0 aliphatic carbocycles. The topological polar surface area (TPSA) is 92.8 Å². The molecule has 88 valence electrons. The summed E-state index contributed by atoms with van der Waals surface area (Å²) in [5.41, 5.74) is -0.0678. The summed E-state index contributed by atoms with van der Waals surface area (Å²) in [7, 11) is 0. The van der Waals surface area contributed by atoms with Crippen molar-refractivity contribution in [3.63, 3.8) is 0 Å². The maximum Gasteiger partial charge on any atom is 0.360 e. The predicted octanol–water partition coefficient (Wildman–Crippen LogP) is 1.93. The number of phenolic OH excluding ortho intramolecular Hbond substituents is 2. The maximum atomic E-state index is 11.2. The first-order valence-corrected chi connectivity index (χ1v) is 4.97. The van der Waals surface area contributed by atoms with Crippen molar-refractivity contribution in [2.45, 2.75) is 0 Å². The number of fused-ring (bicyclic) bond motifs is 1. The van der Waals surface area contributed by atoms with Crippen LogP contribution in [0, 0.1) is 0 Å². The van der Waals surface area contributed by atoms with Crippen molar-refractivity contribution in [2.24, 2.45) is 5.90 Å². The lowest BCUT2D eigenvalue weighted by Crippen LogP contribution is -2.10. The molecule has 0 aliphatic heterocycles. The summed E-state index contributed by atoms with van der Waals surface area (Å²) in [5, 5.41) is 20.3. The molecule has 0 atom stereocenters. The Balaban J connectivity index is 2.71. The van der Waals surface area contributed by atoms with Crippen LogP contribution in [0.4, 0.5) is 0 Å². The van der Waals surface area contributed by atoms with Crippen molar-refractivity contribution in [3.05, 3.63) is 34.9 Å². The minimum absolute atomic E-state index is 0.0678. The minimum Gasteiger partial charge on any atom is -0.507 e. The van der Waals surface area contributed by atoms with Gasteiger partial charge in [0.15, 0.2) is 0 Å². The molecule has 5 nitrogen and oxygen atoms in total. The van der Waals surface area contributed by atoms with Crippen LogP contribution in [0.5, 0.6) is 11.5 Å². The molecule has 0 aromatic heterocycles. The summed E-state index contributed by atoms with van der Waals surface area (Å²) in [5.74, 6) is 3.50. The van der Waals surface area contributed by atoms with E-state index in [0.29, 0.717) is 10.8 Å². The van der Waals surface area contributed by atoms with Gasteiger partial charge in [-0.2, -0.15) is 5.90 Å². The monoisotopic (exact) mass is 253 g/mol. The molecule has 2 rings (SSSR count). The van der Waals surface area contributed by atoms with Crippen molar-refractivity contribution in [3.8, 4) is 11.5 Å². The zero-order chi connectivity index (χ0) is 12.6. The van der Waals surface area contributed by atoms with Gasteiger partial charge in [-0.25, -0.2) is 4.79 Å². The van der Waals surface area contributed by atoms with Crippen molar-refractivity contribution in [1.29, 1.82) is 0 Å². The number of nitrogens with two attached hydrogens (primary N) is 1. The van der Waals surface area contributed by atoms with Gasteiger partial charge in [0.25, 0.3) is 0 Å². The van der Waals surface area contributed by atoms with E-state index in [4.69, 9.17) is 17.5 Å². The van der Waals surface area contributed by atoms with E-state index in [1.165, 1.54) is 24.3 Å². The molecular weight excluding hydrogens is 246 g/mol. The van der Waals surface area contributed by atoms with Gasteiger partial charge in [-0.3, -0.25) is 0 Å². The number of phenols is 2. The van der Waals surface area contributed by atoms with Crippen LogP contribution in [0.3, 0.4) is 0 Å². The molecule has 2 aromatic carbocycles. The average molecular weight is 254 g/mol. The number of carbonyl (C=O) groups excluding carboxylic acids is 1. The first-order chi connectivity index (χ1) is 8.02. The second-order valence-corrected chi connectivity index (χ2v) is 3.83. The second kappa shape index (κ2) is 4.12. The third-order valence-corrected chi connectivity index (χ3v) is 2.65. The first kappa shape index (κ1) is 11.5. The molecule has 17 heavy (non-hydrogen) atoms. The highest BCUT2D eigenvalue weighted by molar-refractivity contribution is 6.32. The molecular formula is C11H8ClNO4. The largest absolute Gasteiger partial charge is 0.507 e. The Kier molecular flexibility index (Phi) is 2.79. The van der Waals surface area contributed by atoms with E-state index in [-0.39, 0.29) is 22.1 Å². The Morgan fingerprint density at radius 3 is 2.35 bits per heavy atom. The lowest BCUT2D eigenvalue weighted by Gasteiger charge is -2.06. The molecule has 0 heterocycles. The third-order valence-electron chi connectivity index (χ3n) is 2.35. The fraction of sp³-hybridized carbons (Fsp3) is 0. The molecule has 4 N–H and O–H groups in total. The van der Waals surface area contributed by atoms with E-state index >= 15 is 0 Å². The molecule has 0 aliphatic rings. The van der Waals surface area contributed by atoms with Gasteiger partial charge in [-0.1, -0.05) is 11.6 Å². The molecule has 0 saturated carbocycles. The van der Waals surface area contributed by atoms with Crippen LogP contribution in [-0.4, -0.2) is 16.2 Å². The van der Waals surface area contributed by atoms with Gasteiger partial charge >= 0.3 is 5.97 Å². The Labute approximate surface area is 101 Å².